The molecule has 2 N–H and O–H groups in total. The fraction of sp³-hybridized carbons (Fsp3) is 0.174. The normalized spacial score (nSPS) is 11.7. The number of benzene rings is 2. The maximum atomic E-state index is 15.3. The lowest BCUT2D eigenvalue weighted by molar-refractivity contribution is 0.103. The molecule has 0 aliphatic rings. The molecule has 160 valence electrons. The number of nitrogens with one attached hydrogen (secondary N) is 1. The molecule has 1 atom stereocenters. The summed E-state index contributed by atoms with van der Waals surface area (Å²) < 4.78 is 35.7. The Balaban J connectivity index is 2.18. The number of pyridine rings is 1. The largest absolute Gasteiger partial charge is 0.478 e. The summed E-state index contributed by atoms with van der Waals surface area (Å²) >= 11 is 0. The van der Waals surface area contributed by atoms with Crippen LogP contribution >= 0.6 is 0 Å². The fourth-order valence-corrected chi connectivity index (χ4v) is 3.45. The van der Waals surface area contributed by atoms with Gasteiger partial charge in [-0.05, 0) is 43.0 Å². The van der Waals surface area contributed by atoms with Gasteiger partial charge in [0.1, 0.15) is 11.6 Å². The molecule has 0 saturated carbocycles. The first-order valence-electron chi connectivity index (χ1n) is 9.49. The predicted molar refractivity (Wildman–Crippen MR) is 112 cm³/mol. The van der Waals surface area contributed by atoms with Crippen LogP contribution in [0.5, 0.6) is 5.88 Å². The van der Waals surface area contributed by atoms with E-state index in [1.807, 2.05) is 0 Å². The zero-order valence-corrected chi connectivity index (χ0v) is 16.9. The van der Waals surface area contributed by atoms with Crippen LogP contribution in [0.3, 0.4) is 0 Å². The summed E-state index contributed by atoms with van der Waals surface area (Å²) in [5.74, 6) is -2.75. The molecular weight excluding hydrogens is 406 g/mol. The van der Waals surface area contributed by atoms with E-state index in [9.17, 15) is 14.0 Å². The highest BCUT2D eigenvalue weighted by atomic mass is 19.1. The number of carbonyl (C=O) groups excluding carboxylic acids is 1. The molecule has 0 saturated heterocycles. The van der Waals surface area contributed by atoms with Crippen LogP contribution in [0.15, 0.2) is 43.1 Å². The molecule has 0 fully saturated rings. The van der Waals surface area contributed by atoms with Gasteiger partial charge in [-0.3, -0.25) is 4.79 Å². The zero-order valence-electron chi connectivity index (χ0n) is 16.9. The Morgan fingerprint density at radius 2 is 2.03 bits per heavy atom. The van der Waals surface area contributed by atoms with Crippen molar-refractivity contribution in [3.05, 3.63) is 77.0 Å². The smallest absolute Gasteiger partial charge is 0.405 e. The van der Waals surface area contributed by atoms with E-state index in [1.165, 1.54) is 19.2 Å². The van der Waals surface area contributed by atoms with Crippen LogP contribution in [0.25, 0.3) is 16.8 Å². The number of hydrogen-bond donors (Lipinski definition) is 2. The van der Waals surface area contributed by atoms with Gasteiger partial charge in [-0.2, -0.15) is 0 Å². The highest BCUT2D eigenvalue weighted by Crippen LogP contribution is 2.32. The third kappa shape index (κ3) is 4.09. The van der Waals surface area contributed by atoms with Gasteiger partial charge in [0, 0.05) is 22.7 Å². The standard InChI is InChI=1S/C23H20F2N2O4/c1-4-13-17(12(3)27-23(29)30)11-18(24)19(20(13)25)21(28)15-7-6-8-16-14(15)9-10-26-22(16)31-5-2/h4,6-12,27H,1,5H2,2-3H3,(H,29,30). The van der Waals surface area contributed by atoms with E-state index in [4.69, 9.17) is 9.84 Å². The van der Waals surface area contributed by atoms with Crippen molar-refractivity contribution < 1.29 is 28.2 Å². The minimum Gasteiger partial charge on any atom is -0.478 e. The van der Waals surface area contributed by atoms with Gasteiger partial charge >= 0.3 is 6.09 Å². The van der Waals surface area contributed by atoms with Gasteiger partial charge < -0.3 is 15.2 Å². The molecule has 0 spiro atoms. The number of ether oxygens (including phenoxy) is 1. The number of carboxylic acid groups (broad SMARTS) is 1. The lowest BCUT2D eigenvalue weighted by Gasteiger charge is -2.18. The minimum atomic E-state index is -1.35. The second-order valence-electron chi connectivity index (χ2n) is 6.70. The molecular formula is C23H20F2N2O4. The summed E-state index contributed by atoms with van der Waals surface area (Å²) in [6.45, 7) is 7.11. The quantitative estimate of drug-likeness (QED) is 0.512. The molecule has 0 radical (unpaired) electrons. The number of rotatable bonds is 7. The average molecular weight is 426 g/mol. The Kier molecular flexibility index (Phi) is 6.29. The lowest BCUT2D eigenvalue weighted by atomic mass is 9.92. The van der Waals surface area contributed by atoms with Crippen molar-refractivity contribution in [2.75, 3.05) is 6.61 Å². The summed E-state index contributed by atoms with van der Waals surface area (Å²) in [7, 11) is 0. The number of fused-ring (bicyclic) bond motifs is 1. The maximum Gasteiger partial charge on any atom is 0.405 e. The molecule has 1 heterocycles. The van der Waals surface area contributed by atoms with Crippen LogP contribution in [0.1, 0.15) is 46.9 Å². The van der Waals surface area contributed by atoms with Gasteiger partial charge in [-0.25, -0.2) is 18.6 Å². The van der Waals surface area contributed by atoms with E-state index in [1.54, 1.807) is 25.1 Å². The first-order valence-corrected chi connectivity index (χ1v) is 9.49. The Bertz CT molecular complexity index is 1190. The Hall–Kier alpha value is -3.81. The van der Waals surface area contributed by atoms with Crippen molar-refractivity contribution in [1.29, 1.82) is 0 Å². The van der Waals surface area contributed by atoms with Gasteiger partial charge in [0.15, 0.2) is 5.78 Å². The number of carbonyl (C=O) groups is 2. The molecule has 0 aliphatic carbocycles. The van der Waals surface area contributed by atoms with Gasteiger partial charge in [0.05, 0.1) is 18.2 Å². The van der Waals surface area contributed by atoms with E-state index in [0.717, 1.165) is 12.1 Å². The number of aromatic nitrogens is 1. The van der Waals surface area contributed by atoms with Crippen molar-refractivity contribution in [2.45, 2.75) is 19.9 Å². The summed E-state index contributed by atoms with van der Waals surface area (Å²) in [6.07, 6.45) is 1.23. The van der Waals surface area contributed by atoms with Crippen molar-refractivity contribution >= 4 is 28.7 Å². The molecule has 1 amide bonds. The predicted octanol–water partition coefficient (Wildman–Crippen LogP) is 5.11. The van der Waals surface area contributed by atoms with E-state index in [2.05, 4.69) is 16.9 Å². The summed E-state index contributed by atoms with van der Waals surface area (Å²) in [5.41, 5.74) is -0.783. The summed E-state index contributed by atoms with van der Waals surface area (Å²) in [4.78, 5) is 28.3. The second kappa shape index (κ2) is 8.91. The van der Waals surface area contributed by atoms with Crippen molar-refractivity contribution in [3.63, 3.8) is 0 Å². The average Bonchev–Trinajstić information content (AvgIpc) is 2.72. The van der Waals surface area contributed by atoms with Crippen LogP contribution in [-0.4, -0.2) is 28.6 Å². The van der Waals surface area contributed by atoms with E-state index in [0.29, 0.717) is 23.3 Å². The molecule has 8 heteroatoms. The molecule has 6 nitrogen and oxygen atoms in total. The van der Waals surface area contributed by atoms with Crippen molar-refractivity contribution in [3.8, 4) is 5.88 Å². The van der Waals surface area contributed by atoms with Crippen LogP contribution < -0.4 is 10.1 Å². The highest BCUT2D eigenvalue weighted by Gasteiger charge is 2.27. The van der Waals surface area contributed by atoms with Gasteiger partial charge in [0.25, 0.3) is 0 Å². The summed E-state index contributed by atoms with van der Waals surface area (Å²) in [5, 5.41) is 12.0. The van der Waals surface area contributed by atoms with Crippen molar-refractivity contribution in [2.24, 2.45) is 0 Å². The number of ketones is 1. The number of nitrogens with zero attached hydrogens (tertiary/aromatic N) is 1. The fourth-order valence-electron chi connectivity index (χ4n) is 3.45. The SMILES string of the molecule is C=Cc1c(C(C)NC(=O)O)cc(F)c(C(=O)c2cccc3c(OCC)nccc23)c1F. The monoisotopic (exact) mass is 426 g/mol. The maximum absolute atomic E-state index is 15.3. The molecule has 3 rings (SSSR count). The van der Waals surface area contributed by atoms with E-state index >= 15 is 4.39 Å². The first kappa shape index (κ1) is 21.9. The topological polar surface area (TPSA) is 88.5 Å². The number of hydrogen-bond acceptors (Lipinski definition) is 4. The number of halogens is 2. The molecule has 0 aliphatic heterocycles. The summed E-state index contributed by atoms with van der Waals surface area (Å²) in [6, 6.07) is 6.35. The van der Waals surface area contributed by atoms with E-state index in [-0.39, 0.29) is 16.7 Å². The molecule has 2 aromatic carbocycles. The number of amides is 1. The second-order valence-corrected chi connectivity index (χ2v) is 6.70. The van der Waals surface area contributed by atoms with E-state index < -0.39 is 35.1 Å². The molecule has 1 aromatic heterocycles. The first-order chi connectivity index (χ1) is 14.8. The van der Waals surface area contributed by atoms with Crippen LogP contribution in [0, 0.1) is 11.6 Å². The Labute approximate surface area is 177 Å². The lowest BCUT2D eigenvalue weighted by Crippen LogP contribution is -2.26. The van der Waals surface area contributed by atoms with Crippen LogP contribution in [-0.2, 0) is 0 Å². The Morgan fingerprint density at radius 3 is 2.68 bits per heavy atom. The highest BCUT2D eigenvalue weighted by molar-refractivity contribution is 6.17. The third-order valence-electron chi connectivity index (χ3n) is 4.82. The Morgan fingerprint density at radius 1 is 1.29 bits per heavy atom. The molecule has 0 bridgehead atoms. The van der Waals surface area contributed by atoms with Gasteiger partial charge in [-0.15, -0.1) is 0 Å². The third-order valence-corrected chi connectivity index (χ3v) is 4.82. The van der Waals surface area contributed by atoms with Crippen LogP contribution in [0.2, 0.25) is 0 Å². The zero-order chi connectivity index (χ0) is 22.7. The van der Waals surface area contributed by atoms with Crippen molar-refractivity contribution in [1.82, 2.24) is 10.3 Å². The van der Waals surface area contributed by atoms with Crippen LogP contribution in [0.4, 0.5) is 13.6 Å². The minimum absolute atomic E-state index is 0.0321. The van der Waals surface area contributed by atoms with Gasteiger partial charge in [-0.1, -0.05) is 24.8 Å². The van der Waals surface area contributed by atoms with Gasteiger partial charge in [0.2, 0.25) is 5.88 Å². The molecule has 31 heavy (non-hydrogen) atoms. The molecule has 3 aromatic rings. The molecule has 1 unspecified atom stereocenters.